The van der Waals surface area contributed by atoms with Gasteiger partial charge in [0.25, 0.3) is 0 Å². The molecule has 3 aromatic rings. The van der Waals surface area contributed by atoms with E-state index in [1.165, 1.54) is 44.6 Å². The van der Waals surface area contributed by atoms with E-state index < -0.39 is 21.8 Å². The van der Waals surface area contributed by atoms with Crippen molar-refractivity contribution in [3.05, 3.63) is 82.7 Å². The maximum absolute atomic E-state index is 13.3. The lowest BCUT2D eigenvalue weighted by molar-refractivity contribution is -0.137. The van der Waals surface area contributed by atoms with E-state index in [1.54, 1.807) is 13.1 Å². The molecule has 2 unspecified atom stereocenters. The number of benzene rings is 2. The van der Waals surface area contributed by atoms with Gasteiger partial charge in [-0.15, -0.1) is 0 Å². The van der Waals surface area contributed by atoms with Gasteiger partial charge in [-0.2, -0.15) is 22.6 Å². The molecule has 3 aliphatic rings. The molecule has 2 aliphatic heterocycles. The lowest BCUT2D eigenvalue weighted by Gasteiger charge is -2.40. The predicted octanol–water partition coefficient (Wildman–Crippen LogP) is 4.18. The smallest absolute Gasteiger partial charge is 0.299 e. The van der Waals surface area contributed by atoms with Crippen molar-refractivity contribution in [1.82, 2.24) is 19.0 Å². The zero-order valence-electron chi connectivity index (χ0n) is 20.5. The third-order valence-electron chi connectivity index (χ3n) is 8.17. The Kier molecular flexibility index (Phi) is 5.96. The molecule has 10 heteroatoms. The van der Waals surface area contributed by atoms with Crippen LogP contribution in [0.2, 0.25) is 0 Å². The molecule has 2 saturated heterocycles. The van der Waals surface area contributed by atoms with E-state index in [9.17, 15) is 21.6 Å². The quantitative estimate of drug-likeness (QED) is 0.480. The minimum Gasteiger partial charge on any atom is -0.299 e. The number of fused-ring (bicyclic) bond motifs is 1. The standard InChI is InChI=1S/C27H29F3N4O2S/c1-32-17-23(14-31-32)37(35,36)34-15-21(16-34)19-6-7-20-13-26(33-8-3-9-33)25(24(20)12-19)11-18-4-2-5-22(10-18)27(28,29)30/h2,4-7,10,12,14,17,21,25-26H,3,8-9,11,13,15-16H2,1H3. The van der Waals surface area contributed by atoms with Crippen LogP contribution in [0.5, 0.6) is 0 Å². The fourth-order valence-corrected chi connectivity index (χ4v) is 7.45. The van der Waals surface area contributed by atoms with Gasteiger partial charge in [0.15, 0.2) is 0 Å². The van der Waals surface area contributed by atoms with Crippen molar-refractivity contribution in [2.75, 3.05) is 26.2 Å². The summed E-state index contributed by atoms with van der Waals surface area (Å²) in [7, 11) is -1.88. The van der Waals surface area contributed by atoms with Gasteiger partial charge in [-0.25, -0.2) is 8.42 Å². The van der Waals surface area contributed by atoms with Crippen molar-refractivity contribution >= 4 is 10.0 Å². The molecule has 2 atom stereocenters. The second-order valence-electron chi connectivity index (χ2n) is 10.5. The lowest BCUT2D eigenvalue weighted by Crippen LogP contribution is -2.48. The Bertz CT molecular complexity index is 1430. The highest BCUT2D eigenvalue weighted by Crippen LogP contribution is 2.43. The van der Waals surface area contributed by atoms with Gasteiger partial charge in [-0.3, -0.25) is 9.58 Å². The van der Waals surface area contributed by atoms with Gasteiger partial charge in [0.05, 0.1) is 11.8 Å². The molecule has 0 spiro atoms. The van der Waals surface area contributed by atoms with Crippen LogP contribution >= 0.6 is 0 Å². The first-order chi connectivity index (χ1) is 17.6. The molecule has 0 saturated carbocycles. The maximum Gasteiger partial charge on any atom is 0.416 e. The number of aromatic nitrogens is 2. The lowest BCUT2D eigenvalue weighted by atomic mass is 9.85. The van der Waals surface area contributed by atoms with Crippen molar-refractivity contribution < 1.29 is 21.6 Å². The summed E-state index contributed by atoms with van der Waals surface area (Å²) >= 11 is 0. The van der Waals surface area contributed by atoms with Gasteiger partial charge in [-0.05, 0) is 60.7 Å². The van der Waals surface area contributed by atoms with Gasteiger partial charge in [0.1, 0.15) is 4.90 Å². The Morgan fingerprint density at radius 3 is 2.51 bits per heavy atom. The number of rotatable bonds is 6. The molecular weight excluding hydrogens is 501 g/mol. The number of hydrogen-bond donors (Lipinski definition) is 0. The third-order valence-corrected chi connectivity index (χ3v) is 9.96. The second-order valence-corrected chi connectivity index (χ2v) is 12.4. The summed E-state index contributed by atoms with van der Waals surface area (Å²) in [5.41, 5.74) is 3.62. The van der Waals surface area contributed by atoms with E-state index in [0.717, 1.165) is 37.6 Å². The summed E-state index contributed by atoms with van der Waals surface area (Å²) in [5.74, 6) is 0.197. The zero-order valence-corrected chi connectivity index (χ0v) is 21.3. The van der Waals surface area contributed by atoms with E-state index in [-0.39, 0.29) is 22.8 Å². The number of aryl methyl sites for hydroxylation is 1. The number of halogens is 3. The number of nitrogens with zero attached hydrogens (tertiary/aromatic N) is 4. The highest BCUT2D eigenvalue weighted by molar-refractivity contribution is 7.89. The second kappa shape index (κ2) is 8.96. The topological polar surface area (TPSA) is 58.4 Å². The number of sulfonamides is 1. The van der Waals surface area contributed by atoms with Gasteiger partial charge in [0.2, 0.25) is 10.0 Å². The van der Waals surface area contributed by atoms with Gasteiger partial charge in [-0.1, -0.05) is 36.4 Å². The SMILES string of the molecule is Cn1cc(S(=O)(=O)N2CC(c3ccc4c(c3)C(Cc3cccc(C(F)(F)F)c3)C(N3CCC3)C4)C2)cn1. The summed E-state index contributed by atoms with van der Waals surface area (Å²) < 4.78 is 68.8. The summed E-state index contributed by atoms with van der Waals surface area (Å²) in [5, 5.41) is 3.98. The maximum atomic E-state index is 13.3. The molecule has 37 heavy (non-hydrogen) atoms. The van der Waals surface area contributed by atoms with Gasteiger partial charge in [0, 0.05) is 44.2 Å². The normalized spacial score (nSPS) is 23.0. The molecule has 2 aromatic carbocycles. The molecule has 6 rings (SSSR count). The minimum absolute atomic E-state index is 0.0917. The fraction of sp³-hybridized carbons (Fsp3) is 0.444. The molecule has 6 nitrogen and oxygen atoms in total. The molecular formula is C27H29F3N4O2S. The molecule has 1 aromatic heterocycles. The summed E-state index contributed by atoms with van der Waals surface area (Å²) in [4.78, 5) is 2.64. The van der Waals surface area contributed by atoms with Crippen molar-refractivity contribution in [3.8, 4) is 0 Å². The Labute approximate surface area is 214 Å². The van der Waals surface area contributed by atoms with Crippen LogP contribution in [-0.4, -0.2) is 59.6 Å². The summed E-state index contributed by atoms with van der Waals surface area (Å²) in [6.07, 6.45) is 1.11. The Hall–Kier alpha value is -2.69. The largest absolute Gasteiger partial charge is 0.416 e. The third kappa shape index (κ3) is 4.49. The zero-order chi connectivity index (χ0) is 25.9. The van der Waals surface area contributed by atoms with Crippen molar-refractivity contribution in [1.29, 1.82) is 0 Å². The highest BCUT2D eigenvalue weighted by Gasteiger charge is 2.41. The van der Waals surface area contributed by atoms with E-state index >= 15 is 0 Å². The first-order valence-electron chi connectivity index (χ1n) is 12.6. The molecule has 2 fully saturated rings. The number of alkyl halides is 3. The van der Waals surface area contributed by atoms with Crippen LogP contribution in [0.4, 0.5) is 13.2 Å². The molecule has 196 valence electrons. The molecule has 0 N–H and O–H groups in total. The van der Waals surface area contributed by atoms with Gasteiger partial charge < -0.3 is 0 Å². The molecule has 0 bridgehead atoms. The number of likely N-dealkylation sites (tertiary alicyclic amines) is 1. The van der Waals surface area contributed by atoms with E-state index in [1.807, 2.05) is 0 Å². The first kappa shape index (κ1) is 24.6. The number of hydrogen-bond acceptors (Lipinski definition) is 4. The summed E-state index contributed by atoms with van der Waals surface area (Å²) in [6, 6.07) is 12.4. The molecule has 1 aliphatic carbocycles. The van der Waals surface area contributed by atoms with E-state index in [4.69, 9.17) is 0 Å². The van der Waals surface area contributed by atoms with Crippen LogP contribution in [0, 0.1) is 0 Å². The summed E-state index contributed by atoms with van der Waals surface area (Å²) in [6.45, 7) is 2.86. The van der Waals surface area contributed by atoms with Crippen molar-refractivity contribution in [2.45, 2.75) is 48.2 Å². The van der Waals surface area contributed by atoms with Crippen LogP contribution in [0.25, 0.3) is 0 Å². The molecule has 0 radical (unpaired) electrons. The average molecular weight is 531 g/mol. The Balaban J connectivity index is 1.24. The van der Waals surface area contributed by atoms with Crippen LogP contribution in [-0.2, 0) is 36.1 Å². The fourth-order valence-electron chi connectivity index (χ4n) is 5.93. The van der Waals surface area contributed by atoms with Crippen molar-refractivity contribution in [2.24, 2.45) is 7.05 Å². The minimum atomic E-state index is -4.36. The van der Waals surface area contributed by atoms with Crippen LogP contribution in [0.1, 0.15) is 46.1 Å². The van der Waals surface area contributed by atoms with Crippen molar-refractivity contribution in [3.63, 3.8) is 0 Å². The Morgan fingerprint density at radius 2 is 1.86 bits per heavy atom. The predicted molar refractivity (Wildman–Crippen MR) is 133 cm³/mol. The Morgan fingerprint density at radius 1 is 1.08 bits per heavy atom. The highest BCUT2D eigenvalue weighted by atomic mass is 32.2. The van der Waals surface area contributed by atoms with Gasteiger partial charge >= 0.3 is 6.18 Å². The van der Waals surface area contributed by atoms with E-state index in [2.05, 4.69) is 28.2 Å². The van der Waals surface area contributed by atoms with E-state index in [0.29, 0.717) is 25.1 Å². The van der Waals surface area contributed by atoms with Crippen LogP contribution in [0.3, 0.4) is 0 Å². The first-order valence-corrected chi connectivity index (χ1v) is 14.1. The van der Waals surface area contributed by atoms with Crippen LogP contribution in [0.15, 0.2) is 59.8 Å². The average Bonchev–Trinajstić information content (AvgIpc) is 3.36. The molecule has 3 heterocycles. The van der Waals surface area contributed by atoms with Crippen LogP contribution < -0.4 is 0 Å². The molecule has 0 amide bonds. The monoisotopic (exact) mass is 530 g/mol.